The smallest absolute Gasteiger partial charge is 0.312 e. The second kappa shape index (κ2) is 8.15. The zero-order chi connectivity index (χ0) is 23.2. The molecule has 1 aromatic carbocycles. The van der Waals surface area contributed by atoms with Gasteiger partial charge in [-0.25, -0.2) is 0 Å². The molecule has 176 valence electrons. The fraction of sp³-hybridized carbons (Fsp3) is 0.600. The summed E-state index contributed by atoms with van der Waals surface area (Å²) >= 11 is 0. The lowest BCUT2D eigenvalue weighted by molar-refractivity contribution is -0.176. The number of rotatable bonds is 7. The third-order valence-electron chi connectivity index (χ3n) is 7.63. The van der Waals surface area contributed by atoms with Gasteiger partial charge in [0.2, 0.25) is 5.91 Å². The molecule has 0 heterocycles. The van der Waals surface area contributed by atoms with E-state index in [0.29, 0.717) is 29.5 Å². The molecule has 8 heteroatoms. The fourth-order valence-electron chi connectivity index (χ4n) is 6.77. The highest BCUT2D eigenvalue weighted by Gasteiger charge is 2.61. The Morgan fingerprint density at radius 2 is 1.73 bits per heavy atom. The number of hydrogen-bond acceptors (Lipinski definition) is 5. The first-order valence-electron chi connectivity index (χ1n) is 11.9. The largest absolute Gasteiger partial charge is 0.455 e. The van der Waals surface area contributed by atoms with Gasteiger partial charge in [0.25, 0.3) is 11.8 Å². The monoisotopic (exact) mass is 453 g/mol. The van der Waals surface area contributed by atoms with E-state index in [-0.39, 0.29) is 29.4 Å². The van der Waals surface area contributed by atoms with Gasteiger partial charge in [0, 0.05) is 18.5 Å². The van der Waals surface area contributed by atoms with Gasteiger partial charge in [-0.2, -0.15) is 0 Å². The van der Waals surface area contributed by atoms with Crippen molar-refractivity contribution in [2.45, 2.75) is 69.9 Å². The van der Waals surface area contributed by atoms with Crippen LogP contribution in [0.3, 0.4) is 0 Å². The summed E-state index contributed by atoms with van der Waals surface area (Å²) in [7, 11) is 0. The Bertz CT molecular complexity index is 988. The van der Waals surface area contributed by atoms with E-state index in [0.717, 1.165) is 44.9 Å². The lowest BCUT2D eigenvalue weighted by Gasteiger charge is -2.60. The first-order chi connectivity index (χ1) is 15.8. The third-order valence-corrected chi connectivity index (χ3v) is 7.63. The van der Waals surface area contributed by atoms with E-state index >= 15 is 0 Å². The number of nitrogens with one attached hydrogen (secondary N) is 3. The van der Waals surface area contributed by atoms with Crippen molar-refractivity contribution < 1.29 is 23.9 Å². The maximum Gasteiger partial charge on any atom is 0.312 e. The summed E-state index contributed by atoms with van der Waals surface area (Å²) in [6.07, 6.45) is 6.97. The van der Waals surface area contributed by atoms with Crippen LogP contribution >= 0.6 is 0 Å². The van der Waals surface area contributed by atoms with E-state index in [1.807, 2.05) is 0 Å². The summed E-state index contributed by atoms with van der Waals surface area (Å²) < 4.78 is 5.52. The van der Waals surface area contributed by atoms with E-state index in [1.165, 1.54) is 6.92 Å². The van der Waals surface area contributed by atoms with Crippen LogP contribution in [-0.2, 0) is 19.1 Å². The Labute approximate surface area is 193 Å². The Hall–Kier alpha value is -2.90. The molecule has 0 radical (unpaired) electrons. The molecule has 33 heavy (non-hydrogen) atoms. The molecule has 5 aliphatic rings. The second-order valence-corrected chi connectivity index (χ2v) is 10.6. The first-order valence-corrected chi connectivity index (χ1v) is 11.9. The van der Waals surface area contributed by atoms with E-state index in [4.69, 9.17) is 4.74 Å². The van der Waals surface area contributed by atoms with Crippen molar-refractivity contribution in [2.24, 2.45) is 17.3 Å². The second-order valence-electron chi connectivity index (χ2n) is 10.6. The molecule has 5 fully saturated rings. The minimum absolute atomic E-state index is 0.0655. The maximum absolute atomic E-state index is 13.2. The quantitative estimate of drug-likeness (QED) is 0.549. The zero-order valence-electron chi connectivity index (χ0n) is 18.9. The van der Waals surface area contributed by atoms with Gasteiger partial charge in [0.05, 0.1) is 16.7 Å². The molecular formula is C25H31N3O5. The van der Waals surface area contributed by atoms with Gasteiger partial charge in [0.15, 0.2) is 6.61 Å². The molecule has 0 spiro atoms. The number of hydrogen-bond donors (Lipinski definition) is 3. The molecule has 0 saturated heterocycles. The number of amides is 3. The van der Waals surface area contributed by atoms with Crippen LogP contribution in [0, 0.1) is 17.3 Å². The van der Waals surface area contributed by atoms with Crippen molar-refractivity contribution in [1.82, 2.24) is 10.6 Å². The normalized spacial score (nSPS) is 31.5. The first kappa shape index (κ1) is 21.9. The van der Waals surface area contributed by atoms with Crippen LogP contribution in [0.4, 0.5) is 5.69 Å². The molecule has 2 atom stereocenters. The van der Waals surface area contributed by atoms with Crippen LogP contribution in [0.2, 0.25) is 0 Å². The zero-order valence-corrected chi connectivity index (χ0v) is 18.9. The lowest BCUT2D eigenvalue weighted by Crippen LogP contribution is -2.64. The van der Waals surface area contributed by atoms with Crippen LogP contribution < -0.4 is 16.0 Å². The molecular weight excluding hydrogens is 422 g/mol. The van der Waals surface area contributed by atoms with Gasteiger partial charge < -0.3 is 20.7 Å². The minimum atomic E-state index is -0.630. The standard InChI is InChI=1S/C25H31N3O5/c1-15(29)28-25-11-16-8-17(12-25)10-24(9-16,14-25)23(32)33-13-21(30)27-20-5-3-2-4-19(20)22(31)26-18-6-7-18/h2-5,16-18H,6-14H2,1H3,(H,26,31)(H,27,30)(H,28,29)/t16-,17-,24?,25?/m0/s1. The Morgan fingerprint density at radius 3 is 2.39 bits per heavy atom. The Morgan fingerprint density at radius 1 is 1.03 bits per heavy atom. The average molecular weight is 454 g/mol. The lowest BCUT2D eigenvalue weighted by atomic mass is 9.47. The van der Waals surface area contributed by atoms with Crippen LogP contribution in [0.15, 0.2) is 24.3 Å². The highest BCUT2D eigenvalue weighted by molar-refractivity contribution is 6.04. The third kappa shape index (κ3) is 4.48. The number of benzene rings is 1. The maximum atomic E-state index is 13.2. The van der Waals surface area contributed by atoms with Crippen LogP contribution in [0.5, 0.6) is 0 Å². The summed E-state index contributed by atoms with van der Waals surface area (Å²) in [5.41, 5.74) is -0.168. The van der Waals surface area contributed by atoms with E-state index in [1.54, 1.807) is 24.3 Å². The summed E-state index contributed by atoms with van der Waals surface area (Å²) in [4.78, 5) is 50.1. The molecule has 5 aliphatic carbocycles. The molecule has 0 unspecified atom stereocenters. The molecule has 6 rings (SSSR count). The van der Waals surface area contributed by atoms with Crippen molar-refractivity contribution in [3.05, 3.63) is 29.8 Å². The Balaban J connectivity index is 1.22. The fourth-order valence-corrected chi connectivity index (χ4v) is 6.77. The van der Waals surface area contributed by atoms with Crippen molar-refractivity contribution >= 4 is 29.4 Å². The molecule has 4 bridgehead atoms. The average Bonchev–Trinajstić information content (AvgIpc) is 3.54. The van der Waals surface area contributed by atoms with Crippen molar-refractivity contribution in [3.8, 4) is 0 Å². The van der Waals surface area contributed by atoms with Crippen LogP contribution in [0.1, 0.15) is 68.6 Å². The van der Waals surface area contributed by atoms with Crippen LogP contribution in [0.25, 0.3) is 0 Å². The minimum Gasteiger partial charge on any atom is -0.455 e. The summed E-state index contributed by atoms with van der Waals surface area (Å²) in [6.45, 7) is 1.12. The molecule has 5 saturated carbocycles. The van der Waals surface area contributed by atoms with E-state index < -0.39 is 17.9 Å². The topological polar surface area (TPSA) is 114 Å². The summed E-state index contributed by atoms with van der Waals surface area (Å²) in [5.74, 6) is -0.309. The molecule has 0 aromatic heterocycles. The van der Waals surface area contributed by atoms with Crippen molar-refractivity contribution in [3.63, 3.8) is 0 Å². The van der Waals surface area contributed by atoms with E-state index in [9.17, 15) is 19.2 Å². The van der Waals surface area contributed by atoms with Crippen LogP contribution in [-0.4, -0.2) is 41.9 Å². The molecule has 1 aromatic rings. The highest BCUT2D eigenvalue weighted by atomic mass is 16.5. The van der Waals surface area contributed by atoms with Gasteiger partial charge in [-0.05, 0) is 75.3 Å². The number of carbonyl (C=O) groups excluding carboxylic acids is 4. The number of esters is 1. The highest BCUT2D eigenvalue weighted by Crippen LogP contribution is 2.62. The van der Waals surface area contributed by atoms with Gasteiger partial charge in [0.1, 0.15) is 0 Å². The summed E-state index contributed by atoms with van der Waals surface area (Å²) in [6, 6.07) is 7.03. The SMILES string of the molecule is CC(=O)NC12C[C@H]3C[C@H](C1)CC(C(=O)OCC(=O)Nc1ccccc1C(=O)NC1CC1)(C3)C2. The number of para-hydroxylation sites is 1. The predicted molar refractivity (Wildman–Crippen MR) is 120 cm³/mol. The predicted octanol–water partition coefficient (Wildman–Crippen LogP) is 2.54. The van der Waals surface area contributed by atoms with Gasteiger partial charge in [-0.3, -0.25) is 19.2 Å². The van der Waals surface area contributed by atoms with E-state index in [2.05, 4.69) is 16.0 Å². The molecule has 3 N–H and O–H groups in total. The number of carbonyl (C=O) groups is 4. The summed E-state index contributed by atoms with van der Waals surface area (Å²) in [5, 5.41) is 8.77. The van der Waals surface area contributed by atoms with Gasteiger partial charge in [-0.1, -0.05) is 12.1 Å². The van der Waals surface area contributed by atoms with Gasteiger partial charge in [-0.15, -0.1) is 0 Å². The molecule has 0 aliphatic heterocycles. The number of ether oxygens (including phenoxy) is 1. The number of anilines is 1. The Kier molecular flexibility index (Phi) is 5.41. The molecule has 3 amide bonds. The van der Waals surface area contributed by atoms with Crippen molar-refractivity contribution in [2.75, 3.05) is 11.9 Å². The molecule has 8 nitrogen and oxygen atoms in total. The van der Waals surface area contributed by atoms with Crippen molar-refractivity contribution in [1.29, 1.82) is 0 Å². The van der Waals surface area contributed by atoms with Gasteiger partial charge >= 0.3 is 5.97 Å².